The highest BCUT2D eigenvalue weighted by atomic mass is 32.1. The Bertz CT molecular complexity index is 1430. The third-order valence-electron chi connectivity index (χ3n) is 6.79. The maximum Gasteiger partial charge on any atom is 0.255 e. The lowest BCUT2D eigenvalue weighted by Crippen LogP contribution is -2.47. The van der Waals surface area contributed by atoms with Crippen molar-refractivity contribution in [2.75, 3.05) is 51.3 Å². The summed E-state index contributed by atoms with van der Waals surface area (Å²) in [6, 6.07) is 25.4. The number of amides is 1. The van der Waals surface area contributed by atoms with Crippen molar-refractivity contribution in [3.8, 4) is 17.1 Å². The molecule has 0 saturated carbocycles. The first kappa shape index (κ1) is 25.0. The average molecular weight is 514 g/mol. The van der Waals surface area contributed by atoms with Crippen LogP contribution in [-0.4, -0.2) is 57.2 Å². The van der Waals surface area contributed by atoms with Crippen molar-refractivity contribution in [2.24, 2.45) is 0 Å². The van der Waals surface area contributed by atoms with Gasteiger partial charge >= 0.3 is 0 Å². The standard InChI is InChI=1S/C30H31N3O3S/c1-35-26-14-6-5-13-25(26)33-19-17-32(18-20-33)16-8-15-31-30(34)24-12-7-11-23-28(37)21-27(36-29(23)24)22-9-3-2-4-10-22/h2-7,9-14,21H,8,15-20H2,1H3,(H,31,34). The van der Waals surface area contributed by atoms with Crippen LogP contribution in [0.4, 0.5) is 5.69 Å². The van der Waals surface area contributed by atoms with Crippen LogP contribution in [0.1, 0.15) is 16.8 Å². The summed E-state index contributed by atoms with van der Waals surface area (Å²) in [4.78, 5) is 17.9. The van der Waals surface area contributed by atoms with Crippen LogP contribution in [0.5, 0.6) is 5.75 Å². The van der Waals surface area contributed by atoms with Crippen LogP contribution in [0, 0.1) is 4.51 Å². The van der Waals surface area contributed by atoms with Crippen LogP contribution < -0.4 is 15.0 Å². The number of methoxy groups -OCH3 is 1. The largest absolute Gasteiger partial charge is 0.495 e. The van der Waals surface area contributed by atoms with Crippen LogP contribution in [0.3, 0.4) is 0 Å². The number of piperazine rings is 1. The third kappa shape index (κ3) is 5.68. The van der Waals surface area contributed by atoms with Crippen molar-refractivity contribution >= 4 is 34.8 Å². The fraction of sp³-hybridized carbons (Fsp3) is 0.267. The molecule has 0 atom stereocenters. The number of hydrogen-bond donors (Lipinski definition) is 1. The van der Waals surface area contributed by atoms with Crippen LogP contribution in [0.2, 0.25) is 0 Å². The minimum Gasteiger partial charge on any atom is -0.495 e. The van der Waals surface area contributed by atoms with Gasteiger partial charge in [-0.2, -0.15) is 0 Å². The Morgan fingerprint density at radius 3 is 2.51 bits per heavy atom. The Morgan fingerprint density at radius 1 is 0.973 bits per heavy atom. The fourth-order valence-electron chi connectivity index (χ4n) is 4.80. The van der Waals surface area contributed by atoms with Crippen molar-refractivity contribution in [1.29, 1.82) is 0 Å². The van der Waals surface area contributed by atoms with Gasteiger partial charge in [-0.25, -0.2) is 0 Å². The molecule has 1 aliphatic heterocycles. The fourth-order valence-corrected chi connectivity index (χ4v) is 5.07. The number of carbonyl (C=O) groups is 1. The number of nitrogens with zero attached hydrogens (tertiary/aromatic N) is 2. The molecule has 0 aliphatic carbocycles. The van der Waals surface area contributed by atoms with E-state index >= 15 is 0 Å². The Morgan fingerprint density at radius 2 is 1.73 bits per heavy atom. The van der Waals surface area contributed by atoms with Gasteiger partial charge in [0.1, 0.15) is 17.1 Å². The third-order valence-corrected chi connectivity index (χ3v) is 7.13. The van der Waals surface area contributed by atoms with Gasteiger partial charge in [-0.1, -0.05) is 60.7 Å². The number of anilines is 1. The molecular weight excluding hydrogens is 482 g/mol. The van der Waals surface area contributed by atoms with Crippen LogP contribution in [-0.2, 0) is 0 Å². The van der Waals surface area contributed by atoms with Gasteiger partial charge in [0.2, 0.25) is 0 Å². The summed E-state index contributed by atoms with van der Waals surface area (Å²) in [5, 5.41) is 3.85. The summed E-state index contributed by atoms with van der Waals surface area (Å²) in [5.41, 5.74) is 3.11. The monoisotopic (exact) mass is 513 g/mol. The molecule has 5 rings (SSSR count). The molecule has 190 valence electrons. The zero-order chi connectivity index (χ0) is 25.6. The van der Waals surface area contributed by atoms with Crippen molar-refractivity contribution in [2.45, 2.75) is 6.42 Å². The number of nitrogens with one attached hydrogen (secondary N) is 1. The normalized spacial score (nSPS) is 14.0. The summed E-state index contributed by atoms with van der Waals surface area (Å²) >= 11 is 5.61. The minimum atomic E-state index is -0.144. The summed E-state index contributed by atoms with van der Waals surface area (Å²) in [7, 11) is 1.72. The number of fused-ring (bicyclic) bond motifs is 1. The van der Waals surface area contributed by atoms with Gasteiger partial charge in [0.25, 0.3) is 5.91 Å². The highest BCUT2D eigenvalue weighted by Gasteiger charge is 2.19. The molecule has 2 heterocycles. The maximum absolute atomic E-state index is 13.1. The Hall–Kier alpha value is -3.68. The molecule has 6 nitrogen and oxygen atoms in total. The van der Waals surface area contributed by atoms with Crippen molar-refractivity contribution in [3.05, 3.63) is 88.9 Å². The molecule has 1 amide bonds. The molecule has 1 aliphatic rings. The van der Waals surface area contributed by atoms with E-state index in [1.54, 1.807) is 13.2 Å². The van der Waals surface area contributed by atoms with Gasteiger partial charge in [0.05, 0.1) is 22.9 Å². The topological polar surface area (TPSA) is 58.0 Å². The minimum absolute atomic E-state index is 0.144. The predicted octanol–water partition coefficient (Wildman–Crippen LogP) is 5.78. The highest BCUT2D eigenvalue weighted by Crippen LogP contribution is 2.29. The van der Waals surface area contributed by atoms with Gasteiger partial charge in [0.15, 0.2) is 0 Å². The number of ether oxygens (including phenoxy) is 1. The number of hydrogen-bond acceptors (Lipinski definition) is 6. The highest BCUT2D eigenvalue weighted by molar-refractivity contribution is 7.71. The first-order valence-electron chi connectivity index (χ1n) is 12.6. The SMILES string of the molecule is COc1ccccc1N1CCN(CCCNC(=O)c2cccc3c(=S)cc(-c4ccccc4)oc23)CC1. The van der Waals surface area contributed by atoms with E-state index < -0.39 is 0 Å². The van der Waals surface area contributed by atoms with Crippen molar-refractivity contribution in [1.82, 2.24) is 10.2 Å². The molecule has 37 heavy (non-hydrogen) atoms. The second kappa shape index (κ2) is 11.6. The number of para-hydroxylation sites is 3. The summed E-state index contributed by atoms with van der Waals surface area (Å²) in [5.74, 6) is 1.43. The maximum atomic E-state index is 13.1. The van der Waals surface area contributed by atoms with E-state index in [1.165, 1.54) is 0 Å². The zero-order valence-electron chi connectivity index (χ0n) is 21.0. The summed E-state index contributed by atoms with van der Waals surface area (Å²) in [6.07, 6.45) is 0.879. The lowest BCUT2D eigenvalue weighted by molar-refractivity contribution is 0.0952. The Kier molecular flexibility index (Phi) is 7.82. The molecule has 0 radical (unpaired) electrons. The number of rotatable bonds is 8. The van der Waals surface area contributed by atoms with Gasteiger partial charge in [-0.3, -0.25) is 9.69 Å². The number of benzene rings is 3. The molecule has 7 heteroatoms. The first-order chi connectivity index (χ1) is 18.1. The Labute approximate surface area is 222 Å². The van der Waals surface area contributed by atoms with Crippen LogP contribution >= 0.6 is 12.2 Å². The first-order valence-corrected chi connectivity index (χ1v) is 13.1. The van der Waals surface area contributed by atoms with Gasteiger partial charge in [-0.15, -0.1) is 0 Å². The molecule has 1 fully saturated rings. The van der Waals surface area contributed by atoms with Gasteiger partial charge < -0.3 is 19.4 Å². The molecule has 1 aromatic heterocycles. The number of carbonyl (C=O) groups excluding carboxylic acids is 1. The second-order valence-corrected chi connectivity index (χ2v) is 9.57. The predicted molar refractivity (Wildman–Crippen MR) is 151 cm³/mol. The summed E-state index contributed by atoms with van der Waals surface area (Å²) in [6.45, 7) is 5.42. The average Bonchev–Trinajstić information content (AvgIpc) is 2.95. The zero-order valence-corrected chi connectivity index (χ0v) is 21.8. The van der Waals surface area contributed by atoms with Crippen LogP contribution in [0.15, 0.2) is 83.3 Å². The van der Waals surface area contributed by atoms with Gasteiger partial charge in [0, 0.05) is 49.7 Å². The van der Waals surface area contributed by atoms with E-state index in [1.807, 2.05) is 66.7 Å². The molecule has 1 N–H and O–H groups in total. The van der Waals surface area contributed by atoms with E-state index in [0.717, 1.165) is 61.5 Å². The lowest BCUT2D eigenvalue weighted by Gasteiger charge is -2.36. The van der Waals surface area contributed by atoms with E-state index in [-0.39, 0.29) is 5.91 Å². The van der Waals surface area contributed by atoms with Crippen molar-refractivity contribution in [3.63, 3.8) is 0 Å². The Balaban J connectivity index is 1.17. The van der Waals surface area contributed by atoms with Crippen LogP contribution in [0.25, 0.3) is 22.3 Å². The molecule has 3 aromatic carbocycles. The summed E-state index contributed by atoms with van der Waals surface area (Å²) < 4.78 is 12.4. The molecule has 1 saturated heterocycles. The molecular formula is C30H31N3O3S. The van der Waals surface area contributed by atoms with E-state index in [2.05, 4.69) is 21.2 Å². The van der Waals surface area contributed by atoms with E-state index in [4.69, 9.17) is 21.4 Å². The lowest BCUT2D eigenvalue weighted by atomic mass is 10.1. The van der Waals surface area contributed by atoms with Gasteiger partial charge in [-0.05, 0) is 37.2 Å². The molecule has 0 bridgehead atoms. The smallest absolute Gasteiger partial charge is 0.255 e. The van der Waals surface area contributed by atoms with Crippen molar-refractivity contribution < 1.29 is 13.9 Å². The van der Waals surface area contributed by atoms with E-state index in [0.29, 0.717) is 28.0 Å². The molecule has 0 unspecified atom stereocenters. The van der Waals surface area contributed by atoms with E-state index in [9.17, 15) is 4.79 Å². The molecule has 4 aromatic rings. The second-order valence-electron chi connectivity index (χ2n) is 9.13. The molecule has 0 spiro atoms. The quantitative estimate of drug-likeness (QED) is 0.238.